The number of aromatic nitrogens is 1. The molecular weight excluding hydrogens is 196 g/mol. The summed E-state index contributed by atoms with van der Waals surface area (Å²) in [4.78, 5) is 1.17. The smallest absolute Gasteiger partial charge is 0.225 e. The Hall–Kier alpha value is -1.05. The van der Waals surface area contributed by atoms with Crippen molar-refractivity contribution in [2.75, 3.05) is 13.7 Å². The molecular formula is C10H14N2OS. The zero-order chi connectivity index (χ0) is 10.4. The summed E-state index contributed by atoms with van der Waals surface area (Å²) in [7, 11) is 1.62. The molecule has 0 saturated heterocycles. The first-order chi connectivity index (χ1) is 6.77. The topological polar surface area (TPSA) is 34.1 Å². The molecule has 1 rings (SSSR count). The summed E-state index contributed by atoms with van der Waals surface area (Å²) in [5.74, 6) is 3.27. The minimum atomic E-state index is 0.282. The maximum atomic E-state index is 5.16. The fraction of sp³-hybridized carbons (Fsp3) is 0.500. The van der Waals surface area contributed by atoms with Crippen molar-refractivity contribution in [3.05, 3.63) is 10.9 Å². The van der Waals surface area contributed by atoms with Crippen molar-refractivity contribution < 1.29 is 4.74 Å². The highest BCUT2D eigenvalue weighted by Gasteiger charge is 2.08. The fourth-order valence-electron chi connectivity index (χ4n) is 1.03. The third-order valence-electron chi connectivity index (χ3n) is 1.86. The van der Waals surface area contributed by atoms with Gasteiger partial charge in [0.2, 0.25) is 5.88 Å². The number of ether oxygens (including phenoxy) is 1. The van der Waals surface area contributed by atoms with Crippen LogP contribution in [0.1, 0.15) is 24.3 Å². The van der Waals surface area contributed by atoms with Crippen molar-refractivity contribution in [3.8, 4) is 18.2 Å². The van der Waals surface area contributed by atoms with Gasteiger partial charge in [0.15, 0.2) is 0 Å². The number of terminal acetylenes is 1. The molecule has 0 aromatic carbocycles. The van der Waals surface area contributed by atoms with Gasteiger partial charge >= 0.3 is 0 Å². The van der Waals surface area contributed by atoms with Crippen molar-refractivity contribution in [2.24, 2.45) is 0 Å². The molecule has 0 saturated carbocycles. The van der Waals surface area contributed by atoms with Gasteiger partial charge in [-0.05, 0) is 18.5 Å². The van der Waals surface area contributed by atoms with Crippen molar-refractivity contribution in [2.45, 2.75) is 19.4 Å². The van der Waals surface area contributed by atoms with Crippen LogP contribution < -0.4 is 10.1 Å². The van der Waals surface area contributed by atoms with Gasteiger partial charge in [0.1, 0.15) is 0 Å². The quantitative estimate of drug-likeness (QED) is 0.594. The molecule has 0 aliphatic heterocycles. The van der Waals surface area contributed by atoms with Gasteiger partial charge in [0.25, 0.3) is 0 Å². The molecule has 1 unspecified atom stereocenters. The molecule has 1 heterocycles. The molecule has 1 atom stereocenters. The Balaban J connectivity index is 2.44. The average Bonchev–Trinajstić information content (AvgIpc) is 2.66. The van der Waals surface area contributed by atoms with Crippen LogP contribution in [-0.2, 0) is 0 Å². The molecule has 76 valence electrons. The Bertz CT molecular complexity index is 316. The van der Waals surface area contributed by atoms with Crippen LogP contribution in [0.3, 0.4) is 0 Å². The number of nitrogens with one attached hydrogen (secondary N) is 1. The summed E-state index contributed by atoms with van der Waals surface area (Å²) in [6, 6.07) is 2.22. The van der Waals surface area contributed by atoms with Gasteiger partial charge in [-0.15, -0.1) is 12.3 Å². The highest BCUT2D eigenvalue weighted by molar-refractivity contribution is 7.06. The molecule has 0 bridgehead atoms. The maximum Gasteiger partial charge on any atom is 0.225 e. The van der Waals surface area contributed by atoms with Crippen LogP contribution >= 0.6 is 11.5 Å². The summed E-state index contributed by atoms with van der Waals surface area (Å²) in [5, 5.41) is 3.31. The first-order valence-corrected chi connectivity index (χ1v) is 5.22. The van der Waals surface area contributed by atoms with E-state index in [-0.39, 0.29) is 6.04 Å². The minimum Gasteiger partial charge on any atom is -0.480 e. The van der Waals surface area contributed by atoms with E-state index in [1.54, 1.807) is 7.11 Å². The molecule has 1 N–H and O–H groups in total. The van der Waals surface area contributed by atoms with E-state index >= 15 is 0 Å². The molecule has 0 fully saturated rings. The largest absolute Gasteiger partial charge is 0.480 e. The van der Waals surface area contributed by atoms with E-state index in [0.29, 0.717) is 5.88 Å². The van der Waals surface area contributed by atoms with Crippen LogP contribution in [0, 0.1) is 12.3 Å². The normalized spacial score (nSPS) is 12.1. The van der Waals surface area contributed by atoms with E-state index in [9.17, 15) is 0 Å². The highest BCUT2D eigenvalue weighted by Crippen LogP contribution is 2.22. The Labute approximate surface area is 88.6 Å². The van der Waals surface area contributed by atoms with Crippen LogP contribution in [-0.4, -0.2) is 18.0 Å². The van der Waals surface area contributed by atoms with E-state index in [0.717, 1.165) is 13.0 Å². The van der Waals surface area contributed by atoms with Gasteiger partial charge in [0, 0.05) is 30.0 Å². The lowest BCUT2D eigenvalue weighted by Crippen LogP contribution is -2.18. The number of hydrogen-bond acceptors (Lipinski definition) is 4. The van der Waals surface area contributed by atoms with Crippen LogP contribution in [0.2, 0.25) is 0 Å². The Morgan fingerprint density at radius 3 is 3.14 bits per heavy atom. The minimum absolute atomic E-state index is 0.282. The van der Waals surface area contributed by atoms with E-state index < -0.39 is 0 Å². The fourth-order valence-corrected chi connectivity index (χ4v) is 1.75. The molecule has 1 aromatic rings. The van der Waals surface area contributed by atoms with Gasteiger partial charge in [0.05, 0.1) is 7.11 Å². The Morgan fingerprint density at radius 1 is 1.79 bits per heavy atom. The molecule has 1 aromatic heterocycles. The van der Waals surface area contributed by atoms with Gasteiger partial charge in [-0.3, -0.25) is 0 Å². The predicted molar refractivity (Wildman–Crippen MR) is 58.5 cm³/mol. The Kier molecular flexibility index (Phi) is 4.44. The summed E-state index contributed by atoms with van der Waals surface area (Å²) < 4.78 is 9.13. The first-order valence-electron chi connectivity index (χ1n) is 4.45. The molecule has 0 spiro atoms. The van der Waals surface area contributed by atoms with Crippen molar-refractivity contribution in [1.82, 2.24) is 9.69 Å². The van der Waals surface area contributed by atoms with Crippen LogP contribution in [0.15, 0.2) is 6.07 Å². The van der Waals surface area contributed by atoms with Gasteiger partial charge in [-0.2, -0.15) is 4.37 Å². The summed E-state index contributed by atoms with van der Waals surface area (Å²) in [5.41, 5.74) is 0. The molecule has 0 aliphatic rings. The molecule has 0 aliphatic carbocycles. The maximum absolute atomic E-state index is 5.16. The van der Waals surface area contributed by atoms with Crippen molar-refractivity contribution >= 4 is 11.5 Å². The predicted octanol–water partition coefficient (Wildman–Crippen LogP) is 1.83. The summed E-state index contributed by atoms with van der Waals surface area (Å²) in [6.07, 6.45) is 5.91. The van der Waals surface area contributed by atoms with Gasteiger partial charge in [-0.25, -0.2) is 0 Å². The second-order valence-electron chi connectivity index (χ2n) is 2.90. The van der Waals surface area contributed by atoms with Crippen molar-refractivity contribution in [1.29, 1.82) is 0 Å². The van der Waals surface area contributed by atoms with Crippen molar-refractivity contribution in [3.63, 3.8) is 0 Å². The lowest BCUT2D eigenvalue weighted by Gasteiger charge is -2.09. The number of rotatable bonds is 5. The molecule has 3 nitrogen and oxygen atoms in total. The SMILES string of the molecule is C#CCCNC(C)c1cc(OC)ns1. The standard InChI is InChI=1S/C10H14N2OS/c1-4-5-6-11-8(2)9-7-10(13-3)12-14-9/h1,7-8,11H,5-6H2,2-3H3. The first kappa shape index (κ1) is 11.0. The second-order valence-corrected chi connectivity index (χ2v) is 3.74. The highest BCUT2D eigenvalue weighted by atomic mass is 32.1. The van der Waals surface area contributed by atoms with Crippen LogP contribution in [0.25, 0.3) is 0 Å². The summed E-state index contributed by atoms with van der Waals surface area (Å²) >= 11 is 1.45. The molecule has 4 heteroatoms. The lowest BCUT2D eigenvalue weighted by atomic mass is 10.2. The van der Waals surface area contributed by atoms with Crippen LogP contribution in [0.4, 0.5) is 0 Å². The zero-order valence-corrected chi connectivity index (χ0v) is 9.23. The van der Waals surface area contributed by atoms with E-state index in [1.807, 2.05) is 6.07 Å². The van der Waals surface area contributed by atoms with E-state index in [2.05, 4.69) is 22.5 Å². The third kappa shape index (κ3) is 3.02. The summed E-state index contributed by atoms with van der Waals surface area (Å²) in [6.45, 7) is 2.92. The molecule has 14 heavy (non-hydrogen) atoms. The third-order valence-corrected chi connectivity index (χ3v) is 2.82. The van der Waals surface area contributed by atoms with Gasteiger partial charge in [-0.1, -0.05) is 0 Å². The number of methoxy groups -OCH3 is 1. The zero-order valence-electron chi connectivity index (χ0n) is 8.41. The second kappa shape index (κ2) is 5.63. The monoisotopic (exact) mass is 210 g/mol. The van der Waals surface area contributed by atoms with Crippen LogP contribution in [0.5, 0.6) is 5.88 Å². The average molecular weight is 210 g/mol. The lowest BCUT2D eigenvalue weighted by molar-refractivity contribution is 0.402. The molecule has 0 amide bonds. The number of hydrogen-bond donors (Lipinski definition) is 1. The number of nitrogens with zero attached hydrogens (tertiary/aromatic N) is 1. The van der Waals surface area contributed by atoms with E-state index in [1.165, 1.54) is 16.4 Å². The van der Waals surface area contributed by atoms with Gasteiger partial charge < -0.3 is 10.1 Å². The Morgan fingerprint density at radius 2 is 2.57 bits per heavy atom. The van der Waals surface area contributed by atoms with E-state index in [4.69, 9.17) is 11.2 Å². The molecule has 0 radical (unpaired) electrons.